The number of benzene rings is 1. The van der Waals surface area contributed by atoms with Crippen LogP contribution in [0.5, 0.6) is 0 Å². The number of aryl methyl sites for hydroxylation is 1. The zero-order chi connectivity index (χ0) is 13.1. The lowest BCUT2D eigenvalue weighted by Gasteiger charge is -2.09. The molecule has 0 unspecified atom stereocenters. The molecule has 17 heavy (non-hydrogen) atoms. The van der Waals surface area contributed by atoms with Crippen molar-refractivity contribution in [1.29, 1.82) is 0 Å². The van der Waals surface area contributed by atoms with Crippen molar-refractivity contribution in [3.05, 3.63) is 34.3 Å². The van der Waals surface area contributed by atoms with Crippen molar-refractivity contribution in [2.75, 3.05) is 0 Å². The van der Waals surface area contributed by atoms with E-state index in [2.05, 4.69) is 0 Å². The Kier molecular flexibility index (Phi) is 4.40. The minimum Gasteiger partial charge on any atom is -0.481 e. The largest absolute Gasteiger partial charge is 0.481 e. The number of carboxylic acids is 1. The molecule has 0 amide bonds. The fourth-order valence-electron chi connectivity index (χ4n) is 1.36. The zero-order valence-electron chi connectivity index (χ0n) is 8.72. The Balaban J connectivity index is 2.73. The van der Waals surface area contributed by atoms with Gasteiger partial charge in [-0.2, -0.15) is 13.2 Å². The fourth-order valence-corrected chi connectivity index (χ4v) is 1.63. The van der Waals surface area contributed by atoms with Crippen molar-refractivity contribution < 1.29 is 23.1 Å². The lowest BCUT2D eigenvalue weighted by Crippen LogP contribution is -2.05. The van der Waals surface area contributed by atoms with Crippen molar-refractivity contribution in [2.45, 2.75) is 25.4 Å². The molecule has 0 aliphatic rings. The number of hydrogen-bond acceptors (Lipinski definition) is 1. The summed E-state index contributed by atoms with van der Waals surface area (Å²) in [6.07, 6.45) is -3.75. The zero-order valence-corrected chi connectivity index (χ0v) is 9.48. The van der Waals surface area contributed by atoms with Gasteiger partial charge in [-0.05, 0) is 30.5 Å². The fraction of sp³-hybridized carbons (Fsp3) is 0.364. The highest BCUT2D eigenvalue weighted by Crippen LogP contribution is 2.32. The topological polar surface area (TPSA) is 37.3 Å². The van der Waals surface area contributed by atoms with Gasteiger partial charge in [-0.25, -0.2) is 0 Å². The molecule has 94 valence electrons. The molecular formula is C11H10ClF3O2. The summed E-state index contributed by atoms with van der Waals surface area (Å²) in [4.78, 5) is 10.3. The van der Waals surface area contributed by atoms with Crippen LogP contribution in [0.15, 0.2) is 18.2 Å². The number of carboxylic acid groups (broad SMARTS) is 1. The summed E-state index contributed by atoms with van der Waals surface area (Å²) in [5.41, 5.74) is -0.273. The maximum atomic E-state index is 12.3. The van der Waals surface area contributed by atoms with E-state index in [4.69, 9.17) is 16.7 Å². The van der Waals surface area contributed by atoms with Crippen LogP contribution in [0, 0.1) is 0 Å². The van der Waals surface area contributed by atoms with Crippen LogP contribution in [0.25, 0.3) is 0 Å². The van der Waals surface area contributed by atoms with Gasteiger partial charge in [-0.3, -0.25) is 4.79 Å². The molecular weight excluding hydrogens is 257 g/mol. The lowest BCUT2D eigenvalue weighted by atomic mass is 10.1. The van der Waals surface area contributed by atoms with Crippen molar-refractivity contribution in [2.24, 2.45) is 0 Å². The van der Waals surface area contributed by atoms with E-state index in [1.165, 1.54) is 6.07 Å². The second kappa shape index (κ2) is 5.40. The lowest BCUT2D eigenvalue weighted by molar-refractivity contribution is -0.138. The average Bonchev–Trinajstić information content (AvgIpc) is 2.18. The molecule has 0 fully saturated rings. The predicted molar refractivity (Wildman–Crippen MR) is 57.0 cm³/mol. The van der Waals surface area contributed by atoms with Crippen LogP contribution in [0.4, 0.5) is 13.2 Å². The molecule has 1 rings (SSSR count). The predicted octanol–water partition coefficient (Wildman–Crippen LogP) is 3.77. The molecule has 0 aromatic heterocycles. The summed E-state index contributed by atoms with van der Waals surface area (Å²) in [7, 11) is 0. The summed E-state index contributed by atoms with van der Waals surface area (Å²) in [6.45, 7) is 0. The highest BCUT2D eigenvalue weighted by Gasteiger charge is 2.30. The van der Waals surface area contributed by atoms with Gasteiger partial charge in [0.05, 0.1) is 5.56 Å². The third kappa shape index (κ3) is 4.26. The third-order valence-electron chi connectivity index (χ3n) is 2.22. The number of halogens is 4. The first-order chi connectivity index (χ1) is 7.80. The summed E-state index contributed by atoms with van der Waals surface area (Å²) < 4.78 is 37.0. The SMILES string of the molecule is O=C(O)CCCc1ccc(C(F)(F)F)cc1Cl. The Bertz CT molecular complexity index is 416. The maximum absolute atomic E-state index is 12.3. The van der Waals surface area contributed by atoms with Gasteiger partial charge in [0.25, 0.3) is 0 Å². The van der Waals surface area contributed by atoms with Gasteiger partial charge < -0.3 is 5.11 Å². The van der Waals surface area contributed by atoms with Gasteiger partial charge >= 0.3 is 12.1 Å². The first kappa shape index (κ1) is 13.8. The van der Waals surface area contributed by atoms with E-state index in [0.29, 0.717) is 18.4 Å². The normalized spacial score (nSPS) is 11.5. The Morgan fingerprint density at radius 2 is 2.00 bits per heavy atom. The Labute approximate surface area is 101 Å². The van der Waals surface area contributed by atoms with Gasteiger partial charge in [0.15, 0.2) is 0 Å². The molecule has 1 aromatic rings. The van der Waals surface area contributed by atoms with Crippen LogP contribution < -0.4 is 0 Å². The molecule has 0 saturated carbocycles. The van der Waals surface area contributed by atoms with Crippen molar-refractivity contribution in [3.8, 4) is 0 Å². The molecule has 1 aromatic carbocycles. The average molecular weight is 267 g/mol. The van der Waals surface area contributed by atoms with Gasteiger partial charge in [0.2, 0.25) is 0 Å². The van der Waals surface area contributed by atoms with E-state index in [0.717, 1.165) is 12.1 Å². The Morgan fingerprint density at radius 1 is 1.35 bits per heavy atom. The number of carbonyl (C=O) groups is 1. The molecule has 6 heteroatoms. The highest BCUT2D eigenvalue weighted by molar-refractivity contribution is 6.31. The maximum Gasteiger partial charge on any atom is 0.416 e. The number of alkyl halides is 3. The monoisotopic (exact) mass is 266 g/mol. The van der Waals surface area contributed by atoms with Gasteiger partial charge in [0, 0.05) is 11.4 Å². The van der Waals surface area contributed by atoms with Crippen LogP contribution in [0.3, 0.4) is 0 Å². The standard InChI is InChI=1S/C11H10ClF3O2/c12-9-6-8(11(13,14)15)5-4-7(9)2-1-3-10(16)17/h4-6H,1-3H2,(H,16,17). The second-order valence-electron chi connectivity index (χ2n) is 3.55. The molecule has 1 N–H and O–H groups in total. The van der Waals surface area contributed by atoms with Crippen LogP contribution in [-0.2, 0) is 17.4 Å². The van der Waals surface area contributed by atoms with Crippen LogP contribution in [0.1, 0.15) is 24.0 Å². The summed E-state index contributed by atoms with van der Waals surface area (Å²) in [5.74, 6) is -0.937. The molecule has 0 radical (unpaired) electrons. The molecule has 0 spiro atoms. The molecule has 0 atom stereocenters. The number of hydrogen-bond donors (Lipinski definition) is 1. The van der Waals surface area contributed by atoms with E-state index < -0.39 is 17.7 Å². The van der Waals surface area contributed by atoms with Gasteiger partial charge in [-0.1, -0.05) is 17.7 Å². The second-order valence-corrected chi connectivity index (χ2v) is 3.96. The summed E-state index contributed by atoms with van der Waals surface area (Å²) in [5, 5.41) is 8.45. The smallest absolute Gasteiger partial charge is 0.416 e. The summed E-state index contributed by atoms with van der Waals surface area (Å²) in [6, 6.07) is 3.09. The minimum atomic E-state index is -4.41. The van der Waals surface area contributed by atoms with Crippen molar-refractivity contribution >= 4 is 17.6 Å². The Hall–Kier alpha value is -1.23. The van der Waals surface area contributed by atoms with Crippen LogP contribution in [0.2, 0.25) is 5.02 Å². The number of rotatable bonds is 4. The minimum absolute atomic E-state index is 0.0187. The number of aliphatic carboxylic acids is 1. The molecule has 0 aliphatic heterocycles. The first-order valence-electron chi connectivity index (χ1n) is 4.88. The third-order valence-corrected chi connectivity index (χ3v) is 2.57. The first-order valence-corrected chi connectivity index (χ1v) is 5.26. The van der Waals surface area contributed by atoms with Gasteiger partial charge in [-0.15, -0.1) is 0 Å². The van der Waals surface area contributed by atoms with Crippen molar-refractivity contribution in [1.82, 2.24) is 0 Å². The molecule has 0 saturated heterocycles. The van der Waals surface area contributed by atoms with E-state index >= 15 is 0 Å². The van der Waals surface area contributed by atoms with E-state index in [-0.39, 0.29) is 11.4 Å². The van der Waals surface area contributed by atoms with E-state index in [1.54, 1.807) is 0 Å². The van der Waals surface area contributed by atoms with E-state index in [9.17, 15) is 18.0 Å². The van der Waals surface area contributed by atoms with Crippen LogP contribution >= 0.6 is 11.6 Å². The van der Waals surface area contributed by atoms with Crippen LogP contribution in [-0.4, -0.2) is 11.1 Å². The van der Waals surface area contributed by atoms with E-state index in [1.807, 2.05) is 0 Å². The van der Waals surface area contributed by atoms with Crippen molar-refractivity contribution in [3.63, 3.8) is 0 Å². The Morgan fingerprint density at radius 3 is 2.47 bits per heavy atom. The highest BCUT2D eigenvalue weighted by atomic mass is 35.5. The summed E-state index contributed by atoms with van der Waals surface area (Å²) >= 11 is 5.70. The van der Waals surface area contributed by atoms with Gasteiger partial charge in [0.1, 0.15) is 0 Å². The molecule has 0 heterocycles. The quantitative estimate of drug-likeness (QED) is 0.901. The molecule has 2 nitrogen and oxygen atoms in total. The molecule has 0 bridgehead atoms. The molecule has 0 aliphatic carbocycles.